The number of para-hydroxylation sites is 1. The van der Waals surface area contributed by atoms with Gasteiger partial charge in [0.2, 0.25) is 5.78 Å². The van der Waals surface area contributed by atoms with E-state index in [0.717, 1.165) is 11.1 Å². The first-order valence-electron chi connectivity index (χ1n) is 8.38. The molecule has 130 valence electrons. The summed E-state index contributed by atoms with van der Waals surface area (Å²) in [7, 11) is 0. The highest BCUT2D eigenvalue weighted by Gasteiger charge is 2.13. The summed E-state index contributed by atoms with van der Waals surface area (Å²) >= 11 is 0. The molecule has 0 aliphatic heterocycles. The molecule has 0 saturated carbocycles. The molecule has 0 aliphatic carbocycles. The summed E-state index contributed by atoms with van der Waals surface area (Å²) in [5.74, 6) is -0.921. The van der Waals surface area contributed by atoms with Gasteiger partial charge in [0.1, 0.15) is 12.4 Å². The molecule has 3 rings (SSSR count). The van der Waals surface area contributed by atoms with Crippen molar-refractivity contribution in [2.75, 3.05) is 0 Å². The molecule has 0 N–H and O–H groups in total. The second-order valence-electron chi connectivity index (χ2n) is 6.00. The summed E-state index contributed by atoms with van der Waals surface area (Å²) in [4.78, 5) is 12.3. The van der Waals surface area contributed by atoms with Gasteiger partial charge in [-0.1, -0.05) is 78.4 Å². The number of hydrogen-bond donors (Lipinski definition) is 0. The minimum atomic E-state index is -0.815. The lowest BCUT2D eigenvalue weighted by molar-refractivity contribution is 0.101. The third kappa shape index (κ3) is 4.45. The zero-order valence-corrected chi connectivity index (χ0v) is 14.5. The van der Waals surface area contributed by atoms with E-state index in [1.165, 1.54) is 6.08 Å². The number of hydrogen-bond acceptors (Lipinski definition) is 2. The molecule has 0 heterocycles. The summed E-state index contributed by atoms with van der Waals surface area (Å²) in [5, 5.41) is 0. The van der Waals surface area contributed by atoms with Crippen molar-refractivity contribution in [3.63, 3.8) is 0 Å². The monoisotopic (exact) mass is 346 g/mol. The maximum absolute atomic E-state index is 14.5. The smallest absolute Gasteiger partial charge is 0.221 e. The van der Waals surface area contributed by atoms with Crippen LogP contribution in [-0.4, -0.2) is 5.78 Å². The number of carbonyl (C=O) groups excluding carboxylic acids is 1. The SMILES string of the molecule is Cc1ccc(C(=O)/C(F)=C/c2ccccc2OCc2ccccc2)cc1. The van der Waals surface area contributed by atoms with Crippen molar-refractivity contribution in [2.24, 2.45) is 0 Å². The zero-order valence-electron chi connectivity index (χ0n) is 14.5. The Morgan fingerprint density at radius 3 is 2.31 bits per heavy atom. The van der Waals surface area contributed by atoms with Gasteiger partial charge in [-0.3, -0.25) is 4.79 Å². The Hall–Kier alpha value is -3.20. The average Bonchev–Trinajstić information content (AvgIpc) is 2.68. The zero-order chi connectivity index (χ0) is 18.4. The Kier molecular flexibility index (Phi) is 5.59. The largest absolute Gasteiger partial charge is 0.488 e. The Bertz CT molecular complexity index is 912. The molecule has 3 aromatic rings. The summed E-state index contributed by atoms with van der Waals surface area (Å²) < 4.78 is 20.3. The van der Waals surface area contributed by atoms with Gasteiger partial charge in [0.25, 0.3) is 0 Å². The molecule has 0 bridgehead atoms. The number of ether oxygens (including phenoxy) is 1. The van der Waals surface area contributed by atoms with Gasteiger partial charge < -0.3 is 4.74 Å². The summed E-state index contributed by atoms with van der Waals surface area (Å²) in [6, 6.07) is 23.6. The topological polar surface area (TPSA) is 26.3 Å². The van der Waals surface area contributed by atoms with Gasteiger partial charge in [0.15, 0.2) is 5.83 Å². The van der Waals surface area contributed by atoms with Crippen LogP contribution in [0.15, 0.2) is 84.7 Å². The lowest BCUT2D eigenvalue weighted by Crippen LogP contribution is -2.00. The molecule has 0 radical (unpaired) electrons. The third-order valence-electron chi connectivity index (χ3n) is 3.97. The number of ketones is 1. The van der Waals surface area contributed by atoms with E-state index in [9.17, 15) is 9.18 Å². The van der Waals surface area contributed by atoms with Crippen molar-refractivity contribution < 1.29 is 13.9 Å². The van der Waals surface area contributed by atoms with Crippen LogP contribution in [0.5, 0.6) is 5.75 Å². The van der Waals surface area contributed by atoms with Gasteiger partial charge in [-0.05, 0) is 24.6 Å². The average molecular weight is 346 g/mol. The first-order chi connectivity index (χ1) is 12.6. The number of allylic oxidation sites excluding steroid dienone is 1. The van der Waals surface area contributed by atoms with Gasteiger partial charge in [-0.25, -0.2) is 4.39 Å². The molecule has 0 atom stereocenters. The van der Waals surface area contributed by atoms with Crippen LogP contribution < -0.4 is 4.74 Å². The van der Waals surface area contributed by atoms with E-state index in [1.54, 1.807) is 42.5 Å². The molecule has 26 heavy (non-hydrogen) atoms. The molecule has 0 spiro atoms. The second kappa shape index (κ2) is 8.26. The fraction of sp³-hybridized carbons (Fsp3) is 0.0870. The number of aryl methyl sites for hydroxylation is 1. The second-order valence-corrected chi connectivity index (χ2v) is 6.00. The lowest BCUT2D eigenvalue weighted by Gasteiger charge is -2.09. The molecule has 3 aromatic carbocycles. The Balaban J connectivity index is 1.79. The van der Waals surface area contributed by atoms with Crippen molar-refractivity contribution in [1.82, 2.24) is 0 Å². The van der Waals surface area contributed by atoms with Crippen LogP contribution in [0.2, 0.25) is 0 Å². The van der Waals surface area contributed by atoms with Crippen LogP contribution in [0.3, 0.4) is 0 Å². The van der Waals surface area contributed by atoms with E-state index < -0.39 is 11.6 Å². The first-order valence-corrected chi connectivity index (χ1v) is 8.38. The van der Waals surface area contributed by atoms with Crippen LogP contribution in [0.1, 0.15) is 27.0 Å². The van der Waals surface area contributed by atoms with Crippen molar-refractivity contribution in [1.29, 1.82) is 0 Å². The number of halogens is 1. The molecule has 0 saturated heterocycles. The fourth-order valence-corrected chi connectivity index (χ4v) is 2.51. The molecular formula is C23H19FO2. The van der Waals surface area contributed by atoms with E-state index in [1.807, 2.05) is 43.3 Å². The van der Waals surface area contributed by atoms with Crippen molar-refractivity contribution in [3.05, 3.63) is 107 Å². The molecule has 0 amide bonds. The van der Waals surface area contributed by atoms with Gasteiger partial charge in [0, 0.05) is 11.1 Å². The predicted octanol–water partition coefficient (Wildman–Crippen LogP) is 5.77. The highest BCUT2D eigenvalue weighted by Crippen LogP contribution is 2.24. The third-order valence-corrected chi connectivity index (χ3v) is 3.97. The quantitative estimate of drug-likeness (QED) is 0.418. The maximum atomic E-state index is 14.5. The van der Waals surface area contributed by atoms with E-state index >= 15 is 0 Å². The Morgan fingerprint density at radius 1 is 0.923 bits per heavy atom. The van der Waals surface area contributed by atoms with Gasteiger partial charge in [0.05, 0.1) is 0 Å². The minimum absolute atomic E-state index is 0.326. The van der Waals surface area contributed by atoms with Gasteiger partial charge in [-0.2, -0.15) is 0 Å². The van der Waals surface area contributed by atoms with Crippen LogP contribution in [0.4, 0.5) is 4.39 Å². The van der Waals surface area contributed by atoms with Crippen LogP contribution >= 0.6 is 0 Å². The van der Waals surface area contributed by atoms with E-state index in [0.29, 0.717) is 23.5 Å². The molecule has 2 nitrogen and oxygen atoms in total. The lowest BCUT2D eigenvalue weighted by atomic mass is 10.1. The Morgan fingerprint density at radius 2 is 1.58 bits per heavy atom. The predicted molar refractivity (Wildman–Crippen MR) is 102 cm³/mol. The van der Waals surface area contributed by atoms with Gasteiger partial charge in [-0.15, -0.1) is 0 Å². The molecule has 0 fully saturated rings. The number of rotatable bonds is 6. The summed E-state index contributed by atoms with van der Waals surface area (Å²) in [6.07, 6.45) is 1.22. The summed E-state index contributed by atoms with van der Waals surface area (Å²) in [6.45, 7) is 2.29. The van der Waals surface area contributed by atoms with Crippen molar-refractivity contribution in [2.45, 2.75) is 13.5 Å². The summed E-state index contributed by atoms with van der Waals surface area (Å²) in [5.41, 5.74) is 2.89. The van der Waals surface area contributed by atoms with E-state index in [2.05, 4.69) is 0 Å². The highest BCUT2D eigenvalue weighted by atomic mass is 19.1. The molecule has 3 heteroatoms. The molecule has 0 aliphatic rings. The first kappa shape index (κ1) is 17.6. The van der Waals surface area contributed by atoms with Crippen molar-refractivity contribution >= 4 is 11.9 Å². The van der Waals surface area contributed by atoms with Gasteiger partial charge >= 0.3 is 0 Å². The van der Waals surface area contributed by atoms with E-state index in [4.69, 9.17) is 4.74 Å². The number of benzene rings is 3. The number of carbonyl (C=O) groups is 1. The highest BCUT2D eigenvalue weighted by molar-refractivity contribution is 6.09. The van der Waals surface area contributed by atoms with Crippen LogP contribution in [-0.2, 0) is 6.61 Å². The van der Waals surface area contributed by atoms with Crippen LogP contribution in [0, 0.1) is 6.92 Å². The van der Waals surface area contributed by atoms with Crippen LogP contribution in [0.25, 0.3) is 6.08 Å². The molecule has 0 unspecified atom stereocenters. The van der Waals surface area contributed by atoms with Crippen molar-refractivity contribution in [3.8, 4) is 5.75 Å². The molecule has 0 aromatic heterocycles. The van der Waals surface area contributed by atoms with E-state index in [-0.39, 0.29) is 0 Å². The normalized spacial score (nSPS) is 11.2. The Labute approximate surface area is 152 Å². The number of Topliss-reactive ketones (excluding diaryl/α,β-unsaturated/α-hetero) is 1. The maximum Gasteiger partial charge on any atom is 0.221 e. The standard InChI is InChI=1S/C23H19FO2/c1-17-11-13-19(14-12-17)23(25)21(24)15-20-9-5-6-10-22(20)26-16-18-7-3-2-4-8-18/h2-15H,16H2,1H3/b21-15-. The minimum Gasteiger partial charge on any atom is -0.488 e. The molecular weight excluding hydrogens is 327 g/mol. The fourth-order valence-electron chi connectivity index (χ4n) is 2.51.